The average molecular weight is 336 g/mol. The van der Waals surface area contributed by atoms with Crippen LogP contribution < -0.4 is 16.4 Å². The number of hydrogen-bond donors (Lipinski definition) is 3. The van der Waals surface area contributed by atoms with Gasteiger partial charge in [-0.05, 0) is 66.6 Å². The Kier molecular flexibility index (Phi) is 5.33. The Morgan fingerprint density at radius 2 is 1.76 bits per heavy atom. The first-order valence-corrected chi connectivity index (χ1v) is 8.65. The van der Waals surface area contributed by atoms with E-state index in [-0.39, 0.29) is 5.91 Å². The number of benzene rings is 2. The maximum Gasteiger partial charge on any atom is 0.221 e. The van der Waals surface area contributed by atoms with E-state index in [0.717, 1.165) is 29.8 Å². The second-order valence-corrected chi connectivity index (χ2v) is 6.36. The molecule has 25 heavy (non-hydrogen) atoms. The van der Waals surface area contributed by atoms with Crippen molar-refractivity contribution in [3.05, 3.63) is 59.2 Å². The minimum Gasteiger partial charge on any atom is -0.370 e. The van der Waals surface area contributed by atoms with E-state index in [1.165, 1.54) is 30.9 Å². The summed E-state index contributed by atoms with van der Waals surface area (Å²) in [6.07, 6.45) is 4.37. The van der Waals surface area contributed by atoms with E-state index in [2.05, 4.69) is 33.8 Å². The molecule has 1 amide bonds. The van der Waals surface area contributed by atoms with Gasteiger partial charge in [0.1, 0.15) is 0 Å². The van der Waals surface area contributed by atoms with E-state index in [9.17, 15) is 4.79 Å². The standard InChI is InChI=1S/C20H24N4O/c1-14(25)23-18-8-5-15(6-9-18)11-12-22-20(21)24-19-10-7-16-3-2-4-17(16)13-19/h5-10,13H,2-4,11-12H2,1H3,(H,23,25)(H3,21,22,24). The maximum atomic E-state index is 11.0. The number of anilines is 2. The first-order valence-electron chi connectivity index (χ1n) is 8.65. The van der Waals surface area contributed by atoms with Gasteiger partial charge in [-0.1, -0.05) is 18.2 Å². The minimum atomic E-state index is -0.0669. The Bertz CT molecular complexity index is 781. The van der Waals surface area contributed by atoms with Crippen LogP contribution in [0.25, 0.3) is 0 Å². The van der Waals surface area contributed by atoms with Crippen molar-refractivity contribution >= 4 is 23.2 Å². The lowest BCUT2D eigenvalue weighted by Crippen LogP contribution is -2.23. The van der Waals surface area contributed by atoms with Crippen LogP contribution in [-0.2, 0) is 24.1 Å². The number of rotatable bonds is 5. The third kappa shape index (κ3) is 4.83. The first kappa shape index (κ1) is 17.0. The zero-order valence-electron chi connectivity index (χ0n) is 14.5. The summed E-state index contributed by atoms with van der Waals surface area (Å²) in [6, 6.07) is 14.2. The Balaban J connectivity index is 1.50. The SMILES string of the molecule is CC(=O)Nc1ccc(CCN=C(N)Nc2ccc3c(c2)CCC3)cc1. The molecule has 1 aliphatic carbocycles. The van der Waals surface area contributed by atoms with E-state index in [1.54, 1.807) is 0 Å². The second kappa shape index (κ2) is 7.83. The maximum absolute atomic E-state index is 11.0. The normalized spacial score (nSPS) is 13.4. The number of carbonyl (C=O) groups excluding carboxylic acids is 1. The van der Waals surface area contributed by atoms with Crippen LogP contribution in [0.3, 0.4) is 0 Å². The summed E-state index contributed by atoms with van der Waals surface area (Å²) in [6.45, 7) is 2.11. The van der Waals surface area contributed by atoms with Gasteiger partial charge < -0.3 is 16.4 Å². The predicted octanol–water partition coefficient (Wildman–Crippen LogP) is 3.10. The molecule has 2 aromatic carbocycles. The molecule has 2 aromatic rings. The fraction of sp³-hybridized carbons (Fsp3) is 0.300. The summed E-state index contributed by atoms with van der Waals surface area (Å²) < 4.78 is 0. The molecule has 0 unspecified atom stereocenters. The van der Waals surface area contributed by atoms with E-state index in [1.807, 2.05) is 24.3 Å². The molecule has 0 bridgehead atoms. The highest BCUT2D eigenvalue weighted by Crippen LogP contribution is 2.24. The van der Waals surface area contributed by atoms with Crippen LogP contribution in [0, 0.1) is 0 Å². The van der Waals surface area contributed by atoms with Crippen LogP contribution in [0.15, 0.2) is 47.5 Å². The molecule has 130 valence electrons. The number of nitrogens with zero attached hydrogens (tertiary/aromatic N) is 1. The smallest absolute Gasteiger partial charge is 0.221 e. The van der Waals surface area contributed by atoms with Crippen molar-refractivity contribution in [3.8, 4) is 0 Å². The fourth-order valence-electron chi connectivity index (χ4n) is 3.10. The Morgan fingerprint density at radius 1 is 1.04 bits per heavy atom. The molecule has 0 heterocycles. The molecule has 1 aliphatic rings. The molecule has 5 nitrogen and oxygen atoms in total. The molecule has 0 saturated carbocycles. The van der Waals surface area contributed by atoms with Gasteiger partial charge in [-0.3, -0.25) is 9.79 Å². The summed E-state index contributed by atoms with van der Waals surface area (Å²) in [7, 11) is 0. The average Bonchev–Trinajstić information content (AvgIpc) is 3.03. The predicted molar refractivity (Wildman–Crippen MR) is 103 cm³/mol. The largest absolute Gasteiger partial charge is 0.370 e. The van der Waals surface area contributed by atoms with Crippen LogP contribution in [0.4, 0.5) is 11.4 Å². The molecule has 0 spiro atoms. The highest BCUT2D eigenvalue weighted by atomic mass is 16.1. The van der Waals surface area contributed by atoms with Gasteiger partial charge in [0.15, 0.2) is 5.96 Å². The lowest BCUT2D eigenvalue weighted by atomic mass is 10.1. The van der Waals surface area contributed by atoms with Crippen molar-refractivity contribution in [1.29, 1.82) is 0 Å². The molecule has 0 radical (unpaired) electrons. The molecule has 4 N–H and O–H groups in total. The summed E-state index contributed by atoms with van der Waals surface area (Å²) in [5.41, 5.74) is 11.8. The minimum absolute atomic E-state index is 0.0669. The third-order valence-corrected chi connectivity index (χ3v) is 4.33. The van der Waals surface area contributed by atoms with Crippen molar-refractivity contribution in [1.82, 2.24) is 0 Å². The molecule has 0 fully saturated rings. The molecule has 0 aliphatic heterocycles. The first-order chi connectivity index (χ1) is 12.1. The van der Waals surface area contributed by atoms with E-state index in [4.69, 9.17) is 5.73 Å². The van der Waals surface area contributed by atoms with Crippen LogP contribution in [0.2, 0.25) is 0 Å². The van der Waals surface area contributed by atoms with Crippen molar-refractivity contribution in [2.75, 3.05) is 17.2 Å². The number of carbonyl (C=O) groups is 1. The summed E-state index contributed by atoms with van der Waals surface area (Å²) in [5.74, 6) is 0.371. The van der Waals surface area contributed by atoms with Gasteiger partial charge in [-0.25, -0.2) is 0 Å². The number of amides is 1. The molecule has 5 heteroatoms. The lowest BCUT2D eigenvalue weighted by Gasteiger charge is -2.08. The number of aryl methyl sites for hydroxylation is 2. The number of nitrogens with one attached hydrogen (secondary N) is 2. The molecule has 0 aromatic heterocycles. The fourth-order valence-corrected chi connectivity index (χ4v) is 3.10. The van der Waals surface area contributed by atoms with Gasteiger partial charge >= 0.3 is 0 Å². The molecule has 0 atom stereocenters. The van der Waals surface area contributed by atoms with Gasteiger partial charge in [0, 0.05) is 24.8 Å². The van der Waals surface area contributed by atoms with Crippen LogP contribution in [0.5, 0.6) is 0 Å². The Labute approximate surface area is 148 Å². The number of hydrogen-bond acceptors (Lipinski definition) is 2. The monoisotopic (exact) mass is 336 g/mol. The number of guanidine groups is 1. The zero-order valence-corrected chi connectivity index (χ0v) is 14.5. The van der Waals surface area contributed by atoms with Crippen LogP contribution in [0.1, 0.15) is 30.0 Å². The Hall–Kier alpha value is -2.82. The second-order valence-electron chi connectivity index (χ2n) is 6.36. The molecule has 0 saturated heterocycles. The number of aliphatic imine (C=N–C) groups is 1. The van der Waals surface area contributed by atoms with E-state index in [0.29, 0.717) is 12.5 Å². The summed E-state index contributed by atoms with van der Waals surface area (Å²) in [5, 5.41) is 5.92. The lowest BCUT2D eigenvalue weighted by molar-refractivity contribution is -0.114. The van der Waals surface area contributed by atoms with Crippen molar-refractivity contribution in [2.24, 2.45) is 10.7 Å². The summed E-state index contributed by atoms with van der Waals surface area (Å²) in [4.78, 5) is 15.4. The molecular formula is C20H24N4O. The van der Waals surface area contributed by atoms with Gasteiger partial charge in [-0.2, -0.15) is 0 Å². The van der Waals surface area contributed by atoms with Gasteiger partial charge in [0.05, 0.1) is 0 Å². The van der Waals surface area contributed by atoms with Gasteiger partial charge in [0.25, 0.3) is 0 Å². The van der Waals surface area contributed by atoms with Crippen LogP contribution >= 0.6 is 0 Å². The third-order valence-electron chi connectivity index (χ3n) is 4.33. The van der Waals surface area contributed by atoms with E-state index < -0.39 is 0 Å². The van der Waals surface area contributed by atoms with Crippen molar-refractivity contribution in [2.45, 2.75) is 32.6 Å². The molecule has 3 rings (SSSR count). The van der Waals surface area contributed by atoms with Gasteiger partial charge in [-0.15, -0.1) is 0 Å². The summed E-state index contributed by atoms with van der Waals surface area (Å²) >= 11 is 0. The number of nitrogens with two attached hydrogens (primary N) is 1. The number of fused-ring (bicyclic) bond motifs is 1. The Morgan fingerprint density at radius 3 is 2.52 bits per heavy atom. The molecular weight excluding hydrogens is 312 g/mol. The van der Waals surface area contributed by atoms with Crippen molar-refractivity contribution < 1.29 is 4.79 Å². The van der Waals surface area contributed by atoms with Crippen LogP contribution in [-0.4, -0.2) is 18.4 Å². The van der Waals surface area contributed by atoms with Gasteiger partial charge in [0.2, 0.25) is 5.91 Å². The highest BCUT2D eigenvalue weighted by molar-refractivity contribution is 5.92. The van der Waals surface area contributed by atoms with E-state index >= 15 is 0 Å². The quantitative estimate of drug-likeness (QED) is 0.580. The highest BCUT2D eigenvalue weighted by Gasteiger charge is 2.10. The zero-order chi connectivity index (χ0) is 17.6. The van der Waals surface area contributed by atoms with Crippen molar-refractivity contribution in [3.63, 3.8) is 0 Å². The topological polar surface area (TPSA) is 79.5 Å².